The van der Waals surface area contributed by atoms with Crippen LogP contribution in [-0.4, -0.2) is 29.9 Å². The molecule has 1 amide bonds. The lowest BCUT2D eigenvalue weighted by molar-refractivity contribution is -0.123. The highest BCUT2D eigenvalue weighted by molar-refractivity contribution is 5.94. The molecule has 0 unspecified atom stereocenters. The fourth-order valence-electron chi connectivity index (χ4n) is 1.85. The van der Waals surface area contributed by atoms with Crippen LogP contribution in [-0.2, 0) is 4.79 Å². The number of aromatic nitrogens is 1. The molecule has 3 nitrogen and oxygen atoms in total. The van der Waals surface area contributed by atoms with Crippen molar-refractivity contribution in [2.24, 2.45) is 0 Å². The molecule has 0 saturated carbocycles. The van der Waals surface area contributed by atoms with Crippen LogP contribution in [0.4, 0.5) is 4.39 Å². The predicted molar refractivity (Wildman–Crippen MR) is 82.0 cm³/mol. The van der Waals surface area contributed by atoms with Crippen molar-refractivity contribution < 1.29 is 9.18 Å². The molecule has 2 rings (SSSR count). The molecule has 1 heterocycles. The van der Waals surface area contributed by atoms with Crippen LogP contribution in [0.5, 0.6) is 0 Å². The highest BCUT2D eigenvalue weighted by atomic mass is 19.1. The first-order valence-corrected chi connectivity index (χ1v) is 6.60. The van der Waals surface area contributed by atoms with Crippen LogP contribution >= 0.6 is 0 Å². The quantitative estimate of drug-likeness (QED) is 0.810. The molecule has 1 aromatic carbocycles. The normalized spacial score (nSPS) is 11.3. The molecule has 4 heteroatoms. The Kier molecular flexibility index (Phi) is 4.48. The van der Waals surface area contributed by atoms with Gasteiger partial charge in [0.05, 0.1) is 5.69 Å². The maximum atomic E-state index is 13.7. The Labute approximate surface area is 123 Å². The summed E-state index contributed by atoms with van der Waals surface area (Å²) >= 11 is 0. The van der Waals surface area contributed by atoms with Crippen molar-refractivity contribution in [3.05, 3.63) is 60.1 Å². The summed E-state index contributed by atoms with van der Waals surface area (Å²) in [5.74, 6) is -0.376. The third-order valence-corrected chi connectivity index (χ3v) is 3.15. The van der Waals surface area contributed by atoms with E-state index in [9.17, 15) is 9.18 Å². The third-order valence-electron chi connectivity index (χ3n) is 3.15. The SMILES string of the molecule is C/C(=C/C(=O)N(C)C)c1ccc(-c2ccccc2F)nc1. The Morgan fingerprint density at radius 1 is 1.19 bits per heavy atom. The molecule has 0 N–H and O–H groups in total. The molecule has 0 atom stereocenters. The topological polar surface area (TPSA) is 33.2 Å². The zero-order chi connectivity index (χ0) is 15.4. The second-order valence-electron chi connectivity index (χ2n) is 4.97. The first-order chi connectivity index (χ1) is 9.99. The highest BCUT2D eigenvalue weighted by Crippen LogP contribution is 2.22. The van der Waals surface area contributed by atoms with Gasteiger partial charge in [0.25, 0.3) is 0 Å². The van der Waals surface area contributed by atoms with Crippen LogP contribution in [0.15, 0.2) is 48.7 Å². The van der Waals surface area contributed by atoms with Crippen molar-refractivity contribution in [1.82, 2.24) is 9.88 Å². The number of rotatable bonds is 3. The standard InChI is InChI=1S/C17H17FN2O/c1-12(10-17(21)20(2)3)13-8-9-16(19-11-13)14-6-4-5-7-15(14)18/h4-11H,1-3H3/b12-10-. The minimum absolute atomic E-state index is 0.0781. The highest BCUT2D eigenvalue weighted by Gasteiger charge is 2.07. The van der Waals surface area contributed by atoms with E-state index in [1.807, 2.05) is 13.0 Å². The predicted octanol–water partition coefficient (Wildman–Crippen LogP) is 3.38. The molecule has 2 aromatic rings. The van der Waals surface area contributed by atoms with Gasteiger partial charge >= 0.3 is 0 Å². The van der Waals surface area contributed by atoms with Gasteiger partial charge in [-0.25, -0.2) is 4.39 Å². The van der Waals surface area contributed by atoms with E-state index in [1.165, 1.54) is 11.0 Å². The lowest BCUT2D eigenvalue weighted by Gasteiger charge is -2.08. The lowest BCUT2D eigenvalue weighted by Crippen LogP contribution is -2.19. The van der Waals surface area contributed by atoms with Gasteiger partial charge in [-0.3, -0.25) is 9.78 Å². The number of allylic oxidation sites excluding steroid dienone is 1. The number of halogens is 1. The largest absolute Gasteiger partial charge is 0.345 e. The van der Waals surface area contributed by atoms with Crippen molar-refractivity contribution >= 4 is 11.5 Å². The van der Waals surface area contributed by atoms with Gasteiger partial charge in [0.1, 0.15) is 5.82 Å². The minimum Gasteiger partial charge on any atom is -0.345 e. The monoisotopic (exact) mass is 284 g/mol. The number of pyridine rings is 1. The third kappa shape index (κ3) is 3.54. The van der Waals surface area contributed by atoms with Crippen LogP contribution in [0, 0.1) is 5.82 Å². The Hall–Kier alpha value is -2.49. The molecule has 21 heavy (non-hydrogen) atoms. The number of hydrogen-bond donors (Lipinski definition) is 0. The molecule has 0 saturated heterocycles. The molecule has 0 spiro atoms. The molecule has 108 valence electrons. The van der Waals surface area contributed by atoms with Crippen molar-refractivity contribution in [1.29, 1.82) is 0 Å². The van der Waals surface area contributed by atoms with Gasteiger partial charge in [0, 0.05) is 31.9 Å². The zero-order valence-electron chi connectivity index (χ0n) is 12.3. The first-order valence-electron chi connectivity index (χ1n) is 6.60. The maximum absolute atomic E-state index is 13.7. The second-order valence-corrected chi connectivity index (χ2v) is 4.97. The summed E-state index contributed by atoms with van der Waals surface area (Å²) in [5, 5.41) is 0. The average Bonchev–Trinajstić information content (AvgIpc) is 2.47. The van der Waals surface area contributed by atoms with E-state index in [-0.39, 0.29) is 11.7 Å². The molecule has 0 aliphatic carbocycles. The van der Waals surface area contributed by atoms with Gasteiger partial charge in [-0.2, -0.15) is 0 Å². The molecule has 0 bridgehead atoms. The maximum Gasteiger partial charge on any atom is 0.246 e. The van der Waals surface area contributed by atoms with Crippen LogP contribution in [0.3, 0.4) is 0 Å². The average molecular weight is 284 g/mol. The Morgan fingerprint density at radius 2 is 1.90 bits per heavy atom. The number of hydrogen-bond acceptors (Lipinski definition) is 2. The van der Waals surface area contributed by atoms with Gasteiger partial charge < -0.3 is 4.90 Å². The fraction of sp³-hybridized carbons (Fsp3) is 0.176. The van der Waals surface area contributed by atoms with Gasteiger partial charge in [-0.1, -0.05) is 18.2 Å². The second kappa shape index (κ2) is 6.31. The van der Waals surface area contributed by atoms with Gasteiger partial charge in [-0.05, 0) is 36.3 Å². The van der Waals surface area contributed by atoms with E-state index in [0.29, 0.717) is 11.3 Å². The smallest absolute Gasteiger partial charge is 0.246 e. The van der Waals surface area contributed by atoms with E-state index >= 15 is 0 Å². The number of likely N-dealkylation sites (N-methyl/N-ethyl adjacent to an activating group) is 1. The number of benzene rings is 1. The summed E-state index contributed by atoms with van der Waals surface area (Å²) in [5.41, 5.74) is 2.70. The zero-order valence-corrected chi connectivity index (χ0v) is 12.3. The van der Waals surface area contributed by atoms with E-state index in [4.69, 9.17) is 0 Å². The summed E-state index contributed by atoms with van der Waals surface area (Å²) in [6.45, 7) is 1.85. The Balaban J connectivity index is 2.28. The van der Waals surface area contributed by atoms with Gasteiger partial charge in [-0.15, -0.1) is 0 Å². The van der Waals surface area contributed by atoms with Crippen LogP contribution in [0.2, 0.25) is 0 Å². The van der Waals surface area contributed by atoms with E-state index in [0.717, 1.165) is 11.1 Å². The van der Waals surface area contributed by atoms with E-state index in [1.54, 1.807) is 50.6 Å². The molecular formula is C17H17FN2O. The van der Waals surface area contributed by atoms with Gasteiger partial charge in [0.15, 0.2) is 0 Å². The van der Waals surface area contributed by atoms with Crippen molar-refractivity contribution in [3.63, 3.8) is 0 Å². The number of carbonyl (C=O) groups is 1. The van der Waals surface area contributed by atoms with Crippen molar-refractivity contribution in [3.8, 4) is 11.3 Å². The lowest BCUT2D eigenvalue weighted by atomic mass is 10.1. The van der Waals surface area contributed by atoms with Gasteiger partial charge in [0.2, 0.25) is 5.91 Å². The molecule has 0 aliphatic rings. The first kappa shape index (κ1) is 14.9. The molecule has 0 aliphatic heterocycles. The summed E-state index contributed by atoms with van der Waals surface area (Å²) < 4.78 is 13.7. The van der Waals surface area contributed by atoms with Crippen LogP contribution in [0.25, 0.3) is 16.8 Å². The Bertz CT molecular complexity index is 675. The summed E-state index contributed by atoms with van der Waals surface area (Å²) in [6, 6.07) is 10.1. The van der Waals surface area contributed by atoms with Crippen molar-refractivity contribution in [2.75, 3.05) is 14.1 Å². The molecular weight excluding hydrogens is 267 g/mol. The fourth-order valence-corrected chi connectivity index (χ4v) is 1.85. The van der Waals surface area contributed by atoms with Crippen molar-refractivity contribution in [2.45, 2.75) is 6.92 Å². The van der Waals surface area contributed by atoms with Crippen LogP contribution in [0.1, 0.15) is 12.5 Å². The molecule has 0 fully saturated rings. The Morgan fingerprint density at radius 3 is 2.48 bits per heavy atom. The van der Waals surface area contributed by atoms with E-state index in [2.05, 4.69) is 4.98 Å². The summed E-state index contributed by atoms with van der Waals surface area (Å²) in [6.07, 6.45) is 3.20. The van der Waals surface area contributed by atoms with Crippen LogP contribution < -0.4 is 0 Å². The number of nitrogens with zero attached hydrogens (tertiary/aromatic N) is 2. The molecule has 1 aromatic heterocycles. The summed E-state index contributed by atoms with van der Waals surface area (Å²) in [7, 11) is 3.40. The molecule has 0 radical (unpaired) electrons. The number of amides is 1. The summed E-state index contributed by atoms with van der Waals surface area (Å²) in [4.78, 5) is 17.4. The van der Waals surface area contributed by atoms with E-state index < -0.39 is 0 Å². The minimum atomic E-state index is -0.298. The number of carbonyl (C=O) groups excluding carboxylic acids is 1.